The van der Waals surface area contributed by atoms with Gasteiger partial charge in [0.2, 0.25) is 0 Å². The van der Waals surface area contributed by atoms with Gasteiger partial charge in [0.05, 0.1) is 11.0 Å². The number of hydrogen-bond donors (Lipinski definition) is 0. The van der Waals surface area contributed by atoms with Crippen molar-refractivity contribution in [3.8, 4) is 27.9 Å². The van der Waals surface area contributed by atoms with E-state index >= 15 is 0 Å². The average molecular weight is 662 g/mol. The Labute approximate surface area is 304 Å². The van der Waals surface area contributed by atoms with Crippen LogP contribution in [0.2, 0.25) is 0 Å². The number of hydrogen-bond acceptors (Lipinski definition) is 0. The number of aromatic nitrogens is 1. The Kier molecular flexibility index (Phi) is 6.94. The highest BCUT2D eigenvalue weighted by Gasteiger charge is 2.32. The smallest absolute Gasteiger partial charge is 0.0541 e. The molecule has 1 unspecified atom stereocenters. The van der Waals surface area contributed by atoms with Crippen molar-refractivity contribution < 1.29 is 0 Å². The molecule has 244 valence electrons. The van der Waals surface area contributed by atoms with Gasteiger partial charge in [-0.25, -0.2) is 0 Å². The van der Waals surface area contributed by atoms with Gasteiger partial charge in [0.1, 0.15) is 0 Å². The molecule has 0 bridgehead atoms. The van der Waals surface area contributed by atoms with Crippen LogP contribution in [0.5, 0.6) is 0 Å². The molecule has 1 aliphatic rings. The van der Waals surface area contributed by atoms with E-state index in [1.54, 1.807) is 0 Å². The van der Waals surface area contributed by atoms with Crippen LogP contribution in [-0.2, 0) is 0 Å². The molecule has 1 heterocycles. The Morgan fingerprint density at radius 1 is 0.423 bits per heavy atom. The van der Waals surface area contributed by atoms with E-state index in [1.165, 1.54) is 77.2 Å². The van der Waals surface area contributed by atoms with Crippen molar-refractivity contribution in [3.05, 3.63) is 223 Å². The molecule has 1 aliphatic carbocycles. The molecule has 0 saturated carbocycles. The Balaban J connectivity index is 1.08. The van der Waals surface area contributed by atoms with Gasteiger partial charge in [-0.2, -0.15) is 0 Å². The lowest BCUT2D eigenvalue weighted by atomic mass is 9.82. The first-order valence-corrected chi connectivity index (χ1v) is 17.9. The van der Waals surface area contributed by atoms with Gasteiger partial charge in [-0.1, -0.05) is 159 Å². The molecule has 1 heteroatoms. The Bertz CT molecular complexity index is 2870. The molecule has 0 N–H and O–H groups in total. The predicted octanol–water partition coefficient (Wildman–Crippen LogP) is 13.5. The summed E-state index contributed by atoms with van der Waals surface area (Å²) in [5, 5.41) is 4.92. The van der Waals surface area contributed by atoms with Crippen LogP contribution in [0.15, 0.2) is 195 Å². The summed E-state index contributed by atoms with van der Waals surface area (Å²) in [4.78, 5) is 0. The number of nitrogens with zero attached hydrogens (tertiary/aromatic N) is 1. The van der Waals surface area contributed by atoms with E-state index in [2.05, 4.69) is 187 Å². The zero-order chi connectivity index (χ0) is 34.8. The zero-order valence-electron chi connectivity index (χ0n) is 28.8. The van der Waals surface area contributed by atoms with E-state index in [9.17, 15) is 0 Å². The SMILES string of the molecule is C=C(c1ccccc1)c1ccc(C(=C)C2c3ccccc3-c3cc(-c4ccc5c(c4)c4ccccc4n5-c4ccccc4)ccc32)c2ccccc12. The molecule has 1 atom stereocenters. The van der Waals surface area contributed by atoms with Crippen LogP contribution >= 0.6 is 0 Å². The number of allylic oxidation sites excluding steroid dienone is 1. The molecule has 0 fully saturated rings. The van der Waals surface area contributed by atoms with Crippen molar-refractivity contribution in [2.45, 2.75) is 5.92 Å². The summed E-state index contributed by atoms with van der Waals surface area (Å²) in [6.07, 6.45) is 0. The third-order valence-corrected chi connectivity index (χ3v) is 11.0. The summed E-state index contributed by atoms with van der Waals surface area (Å²) in [7, 11) is 0. The van der Waals surface area contributed by atoms with Gasteiger partial charge in [0, 0.05) is 22.4 Å². The zero-order valence-corrected chi connectivity index (χ0v) is 28.8. The van der Waals surface area contributed by atoms with E-state index in [-0.39, 0.29) is 5.92 Å². The minimum absolute atomic E-state index is 0.0539. The van der Waals surface area contributed by atoms with E-state index in [1.807, 2.05) is 6.07 Å². The van der Waals surface area contributed by atoms with Crippen molar-refractivity contribution >= 4 is 43.7 Å². The number of rotatable bonds is 6. The van der Waals surface area contributed by atoms with Gasteiger partial charge in [0.15, 0.2) is 0 Å². The van der Waals surface area contributed by atoms with Crippen molar-refractivity contribution in [1.29, 1.82) is 0 Å². The maximum absolute atomic E-state index is 4.83. The first-order valence-electron chi connectivity index (χ1n) is 17.9. The number of fused-ring (bicyclic) bond motifs is 7. The van der Waals surface area contributed by atoms with Crippen LogP contribution in [0.25, 0.3) is 71.7 Å². The van der Waals surface area contributed by atoms with Crippen LogP contribution < -0.4 is 0 Å². The molecule has 1 aromatic heterocycles. The number of para-hydroxylation sites is 2. The third-order valence-electron chi connectivity index (χ3n) is 11.0. The maximum atomic E-state index is 4.83. The molecular weight excluding hydrogens is 627 g/mol. The van der Waals surface area contributed by atoms with Gasteiger partial charge < -0.3 is 4.57 Å². The van der Waals surface area contributed by atoms with E-state index < -0.39 is 0 Å². The van der Waals surface area contributed by atoms with Crippen molar-refractivity contribution in [2.24, 2.45) is 0 Å². The first-order chi connectivity index (χ1) is 25.7. The normalized spacial score (nSPS) is 13.3. The van der Waals surface area contributed by atoms with Gasteiger partial charge >= 0.3 is 0 Å². The maximum Gasteiger partial charge on any atom is 0.0541 e. The topological polar surface area (TPSA) is 4.93 Å². The fourth-order valence-corrected chi connectivity index (χ4v) is 8.56. The predicted molar refractivity (Wildman–Crippen MR) is 221 cm³/mol. The van der Waals surface area contributed by atoms with Crippen LogP contribution in [0.1, 0.15) is 33.7 Å². The summed E-state index contributed by atoms with van der Waals surface area (Å²) in [5.74, 6) is 0.0539. The molecule has 9 aromatic rings. The minimum Gasteiger partial charge on any atom is -0.309 e. The van der Waals surface area contributed by atoms with Crippen molar-refractivity contribution in [3.63, 3.8) is 0 Å². The van der Waals surface area contributed by atoms with Crippen LogP contribution in [0, 0.1) is 0 Å². The molecule has 0 saturated heterocycles. The number of benzene rings is 8. The molecule has 0 radical (unpaired) electrons. The molecule has 0 aliphatic heterocycles. The highest BCUT2D eigenvalue weighted by Crippen LogP contribution is 2.52. The minimum atomic E-state index is 0.0539. The van der Waals surface area contributed by atoms with Gasteiger partial charge in [-0.3, -0.25) is 0 Å². The van der Waals surface area contributed by atoms with E-state index in [0.29, 0.717) is 0 Å². The lowest BCUT2D eigenvalue weighted by Gasteiger charge is -2.21. The highest BCUT2D eigenvalue weighted by molar-refractivity contribution is 6.11. The second-order valence-corrected chi connectivity index (χ2v) is 13.8. The fraction of sp³-hybridized carbons (Fsp3) is 0.0196. The lowest BCUT2D eigenvalue weighted by Crippen LogP contribution is -2.01. The Morgan fingerprint density at radius 3 is 1.81 bits per heavy atom. The van der Waals surface area contributed by atoms with Crippen molar-refractivity contribution in [2.75, 3.05) is 0 Å². The van der Waals surface area contributed by atoms with Gasteiger partial charge in [-0.15, -0.1) is 0 Å². The summed E-state index contributed by atoms with van der Waals surface area (Å²) in [5.41, 5.74) is 16.8. The average Bonchev–Trinajstić information content (AvgIpc) is 3.73. The van der Waals surface area contributed by atoms with Crippen LogP contribution in [0.3, 0.4) is 0 Å². The largest absolute Gasteiger partial charge is 0.309 e. The monoisotopic (exact) mass is 661 g/mol. The van der Waals surface area contributed by atoms with Crippen LogP contribution in [0.4, 0.5) is 0 Å². The molecule has 0 spiro atoms. The molecule has 8 aromatic carbocycles. The standard InChI is InChI=1S/C51H35N/c1-33(35-15-5-3-6-16-35)39-28-29-40(42-20-10-9-19-41(39)42)34(2)51-45-23-12-11-21-43(45)47-31-36(25-27-46(47)51)37-26-30-50-48(32-37)44-22-13-14-24-49(44)52(50)38-17-7-4-8-18-38/h3-32,51H,1-2H2. The van der Waals surface area contributed by atoms with Gasteiger partial charge in [0.25, 0.3) is 0 Å². The summed E-state index contributed by atoms with van der Waals surface area (Å²) in [6.45, 7) is 9.35. The Morgan fingerprint density at radius 2 is 1.00 bits per heavy atom. The fourth-order valence-electron chi connectivity index (χ4n) is 8.56. The molecule has 0 amide bonds. The molecule has 1 nitrogen and oxygen atoms in total. The second kappa shape index (κ2) is 12.0. The van der Waals surface area contributed by atoms with Crippen molar-refractivity contribution in [1.82, 2.24) is 4.57 Å². The van der Waals surface area contributed by atoms with Gasteiger partial charge in [-0.05, 0) is 108 Å². The molecular formula is C51H35N. The highest BCUT2D eigenvalue weighted by atomic mass is 15.0. The van der Waals surface area contributed by atoms with E-state index in [4.69, 9.17) is 6.58 Å². The summed E-state index contributed by atoms with van der Waals surface area (Å²) in [6, 6.07) is 65.8. The second-order valence-electron chi connectivity index (χ2n) is 13.8. The molecule has 10 rings (SSSR count). The third kappa shape index (κ3) is 4.63. The van der Waals surface area contributed by atoms with E-state index in [0.717, 1.165) is 22.3 Å². The Hall–Kier alpha value is -6.70. The quantitative estimate of drug-likeness (QED) is 0.167. The lowest BCUT2D eigenvalue weighted by molar-refractivity contribution is 1.10. The molecule has 52 heavy (non-hydrogen) atoms. The summed E-state index contributed by atoms with van der Waals surface area (Å²) >= 11 is 0. The first kappa shape index (κ1) is 30.2. The summed E-state index contributed by atoms with van der Waals surface area (Å²) < 4.78 is 2.37. The van der Waals surface area contributed by atoms with Crippen LogP contribution in [-0.4, -0.2) is 4.57 Å².